The zero-order chi connectivity index (χ0) is 11.8. The highest BCUT2D eigenvalue weighted by Crippen LogP contribution is 2.01. The van der Waals surface area contributed by atoms with E-state index in [-0.39, 0.29) is 12.1 Å². The molecule has 86 valence electrons. The van der Waals surface area contributed by atoms with Gasteiger partial charge in [-0.05, 0) is 19.2 Å². The van der Waals surface area contributed by atoms with Gasteiger partial charge in [0.05, 0.1) is 6.17 Å². The Morgan fingerprint density at radius 2 is 2.00 bits per heavy atom. The van der Waals surface area contributed by atoms with Crippen LogP contribution in [-0.4, -0.2) is 25.7 Å². The summed E-state index contributed by atoms with van der Waals surface area (Å²) in [7, 11) is 1.75. The molecule has 4 N–H and O–H groups in total. The van der Waals surface area contributed by atoms with E-state index in [0.717, 1.165) is 0 Å². The van der Waals surface area contributed by atoms with Crippen LogP contribution in [0.1, 0.15) is 0 Å². The van der Waals surface area contributed by atoms with Crippen LogP contribution in [0.25, 0.3) is 0 Å². The number of rotatable bonds is 4. The van der Waals surface area contributed by atoms with Crippen molar-refractivity contribution in [1.82, 2.24) is 10.6 Å². The molecular weight excluding hydrogens is 202 g/mol. The topological polar surface area (TPSA) is 67.2 Å². The Hall–Kier alpha value is -1.65. The van der Waals surface area contributed by atoms with Crippen molar-refractivity contribution in [3.8, 4) is 0 Å². The highest BCUT2D eigenvalue weighted by atomic mass is 16.1. The second-order valence-electron chi connectivity index (χ2n) is 3.36. The molecule has 0 aliphatic heterocycles. The fourth-order valence-corrected chi connectivity index (χ4v) is 1.12. The van der Waals surface area contributed by atoms with Crippen molar-refractivity contribution in [2.24, 2.45) is 5.73 Å². The number of hydrogen-bond acceptors (Lipinski definition) is 3. The summed E-state index contributed by atoms with van der Waals surface area (Å²) in [5, 5.41) is 5.59. The molecule has 1 aliphatic rings. The highest BCUT2D eigenvalue weighted by Gasteiger charge is 2.06. The lowest BCUT2D eigenvalue weighted by atomic mass is 10.1. The lowest BCUT2D eigenvalue weighted by Gasteiger charge is -2.11. The first kappa shape index (κ1) is 12.4. The Labute approximate surface area is 95.6 Å². The van der Waals surface area contributed by atoms with Crippen molar-refractivity contribution in [3.63, 3.8) is 0 Å². The van der Waals surface area contributed by atoms with Gasteiger partial charge in [0.25, 0.3) is 5.91 Å². The second-order valence-corrected chi connectivity index (χ2v) is 3.36. The highest BCUT2D eigenvalue weighted by molar-refractivity contribution is 5.96. The zero-order valence-corrected chi connectivity index (χ0v) is 9.31. The van der Waals surface area contributed by atoms with Crippen LogP contribution in [0.15, 0.2) is 48.1 Å². The minimum absolute atomic E-state index is 0.123. The van der Waals surface area contributed by atoms with Crippen LogP contribution in [0, 0.1) is 0 Å². The molecule has 0 saturated carbocycles. The molecule has 1 atom stereocenters. The molecule has 1 aliphatic carbocycles. The maximum atomic E-state index is 11.7. The van der Waals surface area contributed by atoms with E-state index in [2.05, 4.69) is 10.6 Å². The molecule has 4 nitrogen and oxygen atoms in total. The molecule has 0 saturated heterocycles. The van der Waals surface area contributed by atoms with Crippen molar-refractivity contribution in [2.75, 3.05) is 13.6 Å². The van der Waals surface area contributed by atoms with Crippen LogP contribution in [-0.2, 0) is 4.79 Å². The van der Waals surface area contributed by atoms with Crippen LogP contribution in [0.4, 0.5) is 0 Å². The number of carbonyl (C=O) groups excluding carboxylic acids is 1. The van der Waals surface area contributed by atoms with E-state index in [1.807, 2.05) is 30.4 Å². The van der Waals surface area contributed by atoms with Gasteiger partial charge in [-0.15, -0.1) is 0 Å². The Balaban J connectivity index is 2.53. The van der Waals surface area contributed by atoms with E-state index in [1.54, 1.807) is 19.2 Å². The molecule has 1 rings (SSSR count). The van der Waals surface area contributed by atoms with Crippen LogP contribution in [0.3, 0.4) is 0 Å². The Bertz CT molecular complexity index is 353. The van der Waals surface area contributed by atoms with E-state index in [4.69, 9.17) is 5.73 Å². The van der Waals surface area contributed by atoms with Crippen LogP contribution in [0.5, 0.6) is 0 Å². The average Bonchev–Trinajstić information content (AvgIpc) is 2.25. The molecule has 0 aromatic heterocycles. The predicted octanol–water partition coefficient (Wildman–Crippen LogP) is 0.215. The summed E-state index contributed by atoms with van der Waals surface area (Å²) in [5.74, 6) is -0.123. The van der Waals surface area contributed by atoms with Gasteiger partial charge < -0.3 is 16.4 Å². The Morgan fingerprint density at radius 1 is 1.31 bits per heavy atom. The zero-order valence-electron chi connectivity index (χ0n) is 9.31. The number of likely N-dealkylation sites (N-methyl/N-ethyl adjacent to an activating group) is 1. The third-order valence-electron chi connectivity index (χ3n) is 2.11. The van der Waals surface area contributed by atoms with Crippen molar-refractivity contribution in [2.45, 2.75) is 6.17 Å². The molecule has 4 heteroatoms. The Kier molecular flexibility index (Phi) is 5.25. The molecule has 0 radical (unpaired) electrons. The molecule has 16 heavy (non-hydrogen) atoms. The molecule has 1 unspecified atom stereocenters. The van der Waals surface area contributed by atoms with Gasteiger partial charge in [-0.2, -0.15) is 0 Å². The summed E-state index contributed by atoms with van der Waals surface area (Å²) in [6.45, 7) is 0.403. The SMILES string of the molecule is CNC(N)CNC(=O)C1=C/C=C\C=C/C=C\1. The van der Waals surface area contributed by atoms with Crippen molar-refractivity contribution < 1.29 is 4.79 Å². The fourth-order valence-electron chi connectivity index (χ4n) is 1.12. The van der Waals surface area contributed by atoms with Crippen LogP contribution >= 0.6 is 0 Å². The Morgan fingerprint density at radius 3 is 2.75 bits per heavy atom. The van der Waals surface area contributed by atoms with Crippen molar-refractivity contribution in [1.29, 1.82) is 0 Å². The van der Waals surface area contributed by atoms with E-state index in [1.165, 1.54) is 0 Å². The second kappa shape index (κ2) is 6.76. The predicted molar refractivity (Wildman–Crippen MR) is 65.5 cm³/mol. The molecule has 0 aromatic rings. The lowest BCUT2D eigenvalue weighted by molar-refractivity contribution is -0.117. The van der Waals surface area contributed by atoms with E-state index in [9.17, 15) is 4.79 Å². The molecule has 0 fully saturated rings. The molecule has 0 aromatic carbocycles. The first-order chi connectivity index (χ1) is 7.74. The van der Waals surface area contributed by atoms with Gasteiger partial charge in [-0.25, -0.2) is 0 Å². The summed E-state index contributed by atoms with van der Waals surface area (Å²) in [6, 6.07) is 0. The fraction of sp³-hybridized carbons (Fsp3) is 0.250. The molecular formula is C12H17N3O. The third kappa shape index (κ3) is 4.25. The minimum Gasteiger partial charge on any atom is -0.349 e. The maximum Gasteiger partial charge on any atom is 0.251 e. The summed E-state index contributed by atoms with van der Waals surface area (Å²) in [5.41, 5.74) is 6.23. The molecule has 1 amide bonds. The monoisotopic (exact) mass is 219 g/mol. The molecule has 0 spiro atoms. The quantitative estimate of drug-likeness (QED) is 0.592. The van der Waals surface area contributed by atoms with Gasteiger partial charge >= 0.3 is 0 Å². The summed E-state index contributed by atoms with van der Waals surface area (Å²) >= 11 is 0. The maximum absolute atomic E-state index is 11.7. The van der Waals surface area contributed by atoms with E-state index >= 15 is 0 Å². The third-order valence-corrected chi connectivity index (χ3v) is 2.11. The number of hydrogen-bond donors (Lipinski definition) is 3. The number of amides is 1. The van der Waals surface area contributed by atoms with Crippen LogP contribution in [0.2, 0.25) is 0 Å². The smallest absolute Gasteiger partial charge is 0.251 e. The summed E-state index contributed by atoms with van der Waals surface area (Å²) < 4.78 is 0. The number of nitrogens with one attached hydrogen (secondary N) is 2. The normalized spacial score (nSPS) is 25.5. The molecule has 0 bridgehead atoms. The van der Waals surface area contributed by atoms with Crippen molar-refractivity contribution >= 4 is 5.91 Å². The summed E-state index contributed by atoms with van der Waals surface area (Å²) in [6.07, 6.45) is 12.6. The van der Waals surface area contributed by atoms with Gasteiger partial charge in [0, 0.05) is 12.1 Å². The number of carbonyl (C=O) groups is 1. The van der Waals surface area contributed by atoms with E-state index < -0.39 is 0 Å². The van der Waals surface area contributed by atoms with E-state index in [0.29, 0.717) is 12.1 Å². The van der Waals surface area contributed by atoms with Crippen LogP contribution < -0.4 is 16.4 Å². The van der Waals surface area contributed by atoms with Gasteiger partial charge in [-0.1, -0.05) is 30.4 Å². The largest absolute Gasteiger partial charge is 0.349 e. The van der Waals surface area contributed by atoms with Gasteiger partial charge in [0.1, 0.15) is 0 Å². The van der Waals surface area contributed by atoms with Gasteiger partial charge in [-0.3, -0.25) is 4.79 Å². The minimum atomic E-state index is -0.225. The van der Waals surface area contributed by atoms with Gasteiger partial charge in [0.2, 0.25) is 0 Å². The summed E-state index contributed by atoms with van der Waals surface area (Å²) in [4.78, 5) is 11.7. The number of allylic oxidation sites excluding steroid dienone is 6. The first-order valence-electron chi connectivity index (χ1n) is 5.17. The molecule has 0 heterocycles. The average molecular weight is 219 g/mol. The van der Waals surface area contributed by atoms with Crippen molar-refractivity contribution in [3.05, 3.63) is 48.1 Å². The first-order valence-corrected chi connectivity index (χ1v) is 5.17. The standard InChI is InChI=1S/C12H17N3O/c1-14-11(13)9-15-12(16)10-7-5-3-2-4-6-8-10/h2-8,11,14H,9,13H2,1H3,(H,15,16)/b3-2-,4-2?,5-3?,6-4-,7-5-,8-6?,10-7?,10-8+. The number of nitrogens with two attached hydrogens (primary N) is 1. The lowest BCUT2D eigenvalue weighted by Crippen LogP contribution is -2.45. The van der Waals surface area contributed by atoms with Gasteiger partial charge in [0.15, 0.2) is 0 Å².